The van der Waals surface area contributed by atoms with Crippen LogP contribution in [0.3, 0.4) is 0 Å². The molecule has 0 saturated carbocycles. The van der Waals surface area contributed by atoms with Crippen molar-refractivity contribution in [2.24, 2.45) is 5.92 Å². The molecule has 0 unspecified atom stereocenters. The van der Waals surface area contributed by atoms with Crippen LogP contribution in [0.1, 0.15) is 68.2 Å². The molecule has 0 bridgehead atoms. The number of hydrogen-bond donors (Lipinski definition) is 0. The van der Waals surface area contributed by atoms with E-state index in [9.17, 15) is 4.79 Å². The molecule has 204 valence electrons. The van der Waals surface area contributed by atoms with E-state index < -0.39 is 0 Å². The molecular weight excluding hydrogens is 470 g/mol. The van der Waals surface area contributed by atoms with Gasteiger partial charge in [-0.05, 0) is 61.6 Å². The number of amides is 1. The Labute approximate surface area is 229 Å². The number of benzene rings is 2. The van der Waals surface area contributed by atoms with E-state index in [1.54, 1.807) is 0 Å². The number of para-hydroxylation sites is 1. The number of nitrogens with zero attached hydrogens (tertiary/aromatic N) is 5. The second-order valence-electron chi connectivity index (χ2n) is 12.2. The van der Waals surface area contributed by atoms with E-state index in [-0.39, 0.29) is 11.3 Å². The fourth-order valence-corrected chi connectivity index (χ4v) is 4.98. The van der Waals surface area contributed by atoms with Crippen LogP contribution in [-0.4, -0.2) is 65.3 Å². The molecule has 1 aliphatic rings. The topological polar surface area (TPSA) is 44.6 Å². The van der Waals surface area contributed by atoms with Crippen molar-refractivity contribution in [3.05, 3.63) is 77.0 Å². The maximum atomic E-state index is 13.9. The van der Waals surface area contributed by atoms with Gasteiger partial charge in [0.25, 0.3) is 5.91 Å². The minimum absolute atomic E-state index is 0.0550. The Bertz CT molecular complexity index is 1200. The van der Waals surface area contributed by atoms with Crippen molar-refractivity contribution in [3.63, 3.8) is 0 Å². The number of hydrogen-bond acceptors (Lipinski definition) is 4. The highest BCUT2D eigenvalue weighted by molar-refractivity contribution is 5.94. The van der Waals surface area contributed by atoms with E-state index in [0.29, 0.717) is 12.5 Å². The zero-order valence-corrected chi connectivity index (χ0v) is 24.4. The third kappa shape index (κ3) is 6.47. The number of piperazine rings is 1. The first-order chi connectivity index (χ1) is 18.0. The van der Waals surface area contributed by atoms with Gasteiger partial charge in [0.2, 0.25) is 0 Å². The normalized spacial score (nSPS) is 14.8. The predicted octanol–water partition coefficient (Wildman–Crippen LogP) is 5.92. The summed E-state index contributed by atoms with van der Waals surface area (Å²) in [6.07, 6.45) is 0.960. The smallest absolute Gasteiger partial charge is 0.254 e. The molecule has 1 saturated heterocycles. The number of carbonyl (C=O) groups is 1. The molecule has 0 spiro atoms. The molecule has 1 aromatic heterocycles. The van der Waals surface area contributed by atoms with Gasteiger partial charge in [0.15, 0.2) is 0 Å². The molecule has 6 heteroatoms. The lowest BCUT2D eigenvalue weighted by molar-refractivity contribution is 0.0735. The summed E-state index contributed by atoms with van der Waals surface area (Å²) in [6, 6.07) is 18.5. The maximum absolute atomic E-state index is 13.9. The van der Waals surface area contributed by atoms with Gasteiger partial charge in [0.1, 0.15) is 5.82 Å². The second-order valence-corrected chi connectivity index (χ2v) is 12.2. The summed E-state index contributed by atoms with van der Waals surface area (Å²) in [4.78, 5) is 20.8. The molecule has 0 N–H and O–H groups in total. The van der Waals surface area contributed by atoms with Crippen LogP contribution < -0.4 is 4.90 Å². The highest BCUT2D eigenvalue weighted by Crippen LogP contribution is 2.30. The van der Waals surface area contributed by atoms with Crippen LogP contribution in [-0.2, 0) is 12.0 Å². The molecule has 1 aliphatic heterocycles. The fraction of sp³-hybridized carbons (Fsp3) is 0.500. The van der Waals surface area contributed by atoms with Crippen molar-refractivity contribution in [2.75, 3.05) is 44.7 Å². The van der Waals surface area contributed by atoms with Gasteiger partial charge in [-0.1, -0.05) is 65.0 Å². The summed E-state index contributed by atoms with van der Waals surface area (Å²) in [5, 5.41) is 5.02. The van der Waals surface area contributed by atoms with Gasteiger partial charge in [-0.15, -0.1) is 0 Å². The summed E-state index contributed by atoms with van der Waals surface area (Å²) in [5.74, 6) is 1.72. The van der Waals surface area contributed by atoms with E-state index in [1.165, 1.54) is 5.56 Å². The van der Waals surface area contributed by atoms with Crippen molar-refractivity contribution in [1.82, 2.24) is 19.6 Å². The summed E-state index contributed by atoms with van der Waals surface area (Å²) in [7, 11) is 2.18. The predicted molar refractivity (Wildman–Crippen MR) is 157 cm³/mol. The van der Waals surface area contributed by atoms with Crippen LogP contribution in [0, 0.1) is 12.8 Å². The number of carbonyl (C=O) groups excluding carboxylic acids is 1. The molecule has 0 aliphatic carbocycles. The van der Waals surface area contributed by atoms with Gasteiger partial charge in [0, 0.05) is 43.9 Å². The van der Waals surface area contributed by atoms with E-state index >= 15 is 0 Å². The lowest BCUT2D eigenvalue weighted by Gasteiger charge is -2.35. The van der Waals surface area contributed by atoms with Gasteiger partial charge >= 0.3 is 0 Å². The van der Waals surface area contributed by atoms with E-state index in [1.807, 2.05) is 23.1 Å². The highest BCUT2D eigenvalue weighted by atomic mass is 16.2. The molecule has 1 fully saturated rings. The third-order valence-corrected chi connectivity index (χ3v) is 7.57. The standard InChI is InChI=1S/C32H45N5O/c1-24(2)17-18-36(31(38)26-13-15-27(16-14-26)32(4,5)6)23-29-25(3)33-37(28-11-9-8-10-12-28)30(29)35-21-19-34(7)20-22-35/h8-16,24H,17-23H2,1-7H3. The monoisotopic (exact) mass is 515 g/mol. The van der Waals surface area contributed by atoms with E-state index in [4.69, 9.17) is 5.10 Å². The first-order valence-corrected chi connectivity index (χ1v) is 14.0. The first kappa shape index (κ1) is 27.9. The molecule has 6 nitrogen and oxygen atoms in total. The molecule has 0 atom stereocenters. The zero-order chi connectivity index (χ0) is 27.4. The Hall–Kier alpha value is -3.12. The van der Waals surface area contributed by atoms with E-state index in [0.717, 1.165) is 67.5 Å². The van der Waals surface area contributed by atoms with Gasteiger partial charge in [0.05, 0.1) is 17.9 Å². The zero-order valence-electron chi connectivity index (χ0n) is 24.4. The quantitative estimate of drug-likeness (QED) is 0.374. The fourth-order valence-electron chi connectivity index (χ4n) is 4.98. The second kappa shape index (κ2) is 11.7. The molecular formula is C32H45N5O. The van der Waals surface area contributed by atoms with Crippen LogP contribution in [0.5, 0.6) is 0 Å². The summed E-state index contributed by atoms with van der Waals surface area (Å²) >= 11 is 0. The Morgan fingerprint density at radius 1 is 0.974 bits per heavy atom. The van der Waals surface area contributed by atoms with Crippen LogP contribution in [0.4, 0.5) is 5.82 Å². The van der Waals surface area contributed by atoms with Crippen molar-refractivity contribution in [1.29, 1.82) is 0 Å². The Morgan fingerprint density at radius 2 is 1.61 bits per heavy atom. The first-order valence-electron chi connectivity index (χ1n) is 14.0. The molecule has 2 heterocycles. The van der Waals surface area contributed by atoms with E-state index in [2.05, 4.69) is 99.5 Å². The maximum Gasteiger partial charge on any atom is 0.254 e. The van der Waals surface area contributed by atoms with Gasteiger partial charge in [-0.3, -0.25) is 4.79 Å². The summed E-state index contributed by atoms with van der Waals surface area (Å²) in [6.45, 7) is 18.3. The average molecular weight is 516 g/mol. The van der Waals surface area contributed by atoms with Crippen molar-refractivity contribution in [2.45, 2.75) is 59.9 Å². The summed E-state index contributed by atoms with van der Waals surface area (Å²) in [5.41, 5.74) is 5.21. The number of likely N-dealkylation sites (N-methyl/N-ethyl adjacent to an activating group) is 1. The number of rotatable bonds is 8. The van der Waals surface area contributed by atoms with Crippen LogP contribution >= 0.6 is 0 Å². The molecule has 1 amide bonds. The van der Waals surface area contributed by atoms with Gasteiger partial charge in [-0.25, -0.2) is 4.68 Å². The van der Waals surface area contributed by atoms with Crippen molar-refractivity contribution in [3.8, 4) is 5.69 Å². The molecule has 2 aromatic carbocycles. The molecule has 4 rings (SSSR count). The highest BCUT2D eigenvalue weighted by Gasteiger charge is 2.28. The van der Waals surface area contributed by atoms with Crippen LogP contribution in [0.15, 0.2) is 54.6 Å². The third-order valence-electron chi connectivity index (χ3n) is 7.57. The number of aromatic nitrogens is 2. The lowest BCUT2D eigenvalue weighted by atomic mass is 9.86. The summed E-state index contributed by atoms with van der Waals surface area (Å²) < 4.78 is 2.08. The molecule has 38 heavy (non-hydrogen) atoms. The van der Waals surface area contributed by atoms with Crippen molar-refractivity contribution < 1.29 is 4.79 Å². The average Bonchev–Trinajstić information content (AvgIpc) is 3.22. The van der Waals surface area contributed by atoms with Crippen LogP contribution in [0.25, 0.3) is 5.69 Å². The minimum Gasteiger partial charge on any atom is -0.354 e. The number of anilines is 1. The largest absolute Gasteiger partial charge is 0.354 e. The van der Waals surface area contributed by atoms with Crippen LogP contribution in [0.2, 0.25) is 0 Å². The minimum atomic E-state index is 0.0550. The Kier molecular flexibility index (Phi) is 8.61. The SMILES string of the molecule is Cc1nn(-c2ccccc2)c(N2CCN(C)CC2)c1CN(CCC(C)C)C(=O)c1ccc(C(C)(C)C)cc1. The Morgan fingerprint density at radius 3 is 2.18 bits per heavy atom. The molecule has 3 aromatic rings. The molecule has 0 radical (unpaired) electrons. The van der Waals surface area contributed by atoms with Gasteiger partial charge < -0.3 is 14.7 Å². The van der Waals surface area contributed by atoms with Crippen molar-refractivity contribution >= 4 is 11.7 Å². The number of aryl methyl sites for hydroxylation is 1. The van der Waals surface area contributed by atoms with Gasteiger partial charge in [-0.2, -0.15) is 5.10 Å². The lowest BCUT2D eigenvalue weighted by Crippen LogP contribution is -2.45. The Balaban J connectivity index is 1.71.